The molecule has 0 saturated carbocycles. The van der Waals surface area contributed by atoms with Crippen molar-refractivity contribution in [2.24, 2.45) is 0 Å². The Labute approximate surface area is 101 Å². The van der Waals surface area contributed by atoms with Gasteiger partial charge < -0.3 is 4.74 Å². The third kappa shape index (κ3) is 2.78. The van der Waals surface area contributed by atoms with Crippen molar-refractivity contribution in [2.75, 3.05) is 26.3 Å². The summed E-state index contributed by atoms with van der Waals surface area (Å²) in [5.41, 5.74) is 0.867. The van der Waals surface area contributed by atoms with Crippen LogP contribution in [-0.2, 0) is 11.2 Å². The number of rotatable bonds is 3. The Balaban J connectivity index is 2.13. The van der Waals surface area contributed by atoms with Crippen molar-refractivity contribution in [3.63, 3.8) is 0 Å². The quantitative estimate of drug-likeness (QED) is 0.776. The van der Waals surface area contributed by atoms with Gasteiger partial charge in [0.05, 0.1) is 19.3 Å². The molecule has 0 aliphatic carbocycles. The van der Waals surface area contributed by atoms with Crippen LogP contribution in [0.1, 0.15) is 24.4 Å². The van der Waals surface area contributed by atoms with Gasteiger partial charge in [0.25, 0.3) is 0 Å². The molecular weight excluding hydrogens is 216 g/mol. The number of aryl methyl sites for hydroxylation is 1. The van der Waals surface area contributed by atoms with Crippen LogP contribution < -0.4 is 0 Å². The van der Waals surface area contributed by atoms with Crippen molar-refractivity contribution >= 4 is 0 Å². The summed E-state index contributed by atoms with van der Waals surface area (Å²) in [6.07, 6.45) is 4.33. The van der Waals surface area contributed by atoms with Gasteiger partial charge in [0.2, 0.25) is 0 Å². The molecule has 0 spiro atoms. The molecule has 5 heteroatoms. The Morgan fingerprint density at radius 2 is 2.06 bits per heavy atom. The zero-order valence-electron chi connectivity index (χ0n) is 9.96. The predicted molar refractivity (Wildman–Crippen MR) is 62.2 cm³/mol. The van der Waals surface area contributed by atoms with E-state index in [0.717, 1.165) is 30.9 Å². The van der Waals surface area contributed by atoms with Gasteiger partial charge in [-0.2, -0.15) is 5.26 Å². The van der Waals surface area contributed by atoms with Gasteiger partial charge in [0.1, 0.15) is 11.9 Å². The third-order valence-corrected chi connectivity index (χ3v) is 2.89. The van der Waals surface area contributed by atoms with Gasteiger partial charge in [0.15, 0.2) is 0 Å². The fourth-order valence-electron chi connectivity index (χ4n) is 1.89. The van der Waals surface area contributed by atoms with Crippen LogP contribution in [0.3, 0.4) is 0 Å². The summed E-state index contributed by atoms with van der Waals surface area (Å²) in [6, 6.07) is 2.06. The lowest BCUT2D eigenvalue weighted by Crippen LogP contribution is -2.38. The van der Waals surface area contributed by atoms with E-state index in [2.05, 4.69) is 20.9 Å². The first-order valence-electron chi connectivity index (χ1n) is 5.87. The molecule has 0 radical (unpaired) electrons. The molecular formula is C12H16N4O. The molecule has 1 fully saturated rings. The highest BCUT2D eigenvalue weighted by molar-refractivity contribution is 5.18. The largest absolute Gasteiger partial charge is 0.379 e. The fraction of sp³-hybridized carbons (Fsp3) is 0.583. The summed E-state index contributed by atoms with van der Waals surface area (Å²) in [5, 5.41) is 9.27. The lowest BCUT2D eigenvalue weighted by Gasteiger charge is -2.30. The molecule has 1 aliphatic rings. The maximum Gasteiger partial charge on any atom is 0.127 e. The van der Waals surface area contributed by atoms with Gasteiger partial charge in [-0.15, -0.1) is 0 Å². The zero-order valence-corrected chi connectivity index (χ0v) is 9.96. The minimum absolute atomic E-state index is 0.259. The summed E-state index contributed by atoms with van der Waals surface area (Å²) in [7, 11) is 0. The molecule has 1 aromatic rings. The molecule has 1 saturated heterocycles. The first kappa shape index (κ1) is 12.0. The molecule has 0 bridgehead atoms. The Morgan fingerprint density at radius 1 is 1.41 bits per heavy atom. The Kier molecular flexibility index (Phi) is 4.02. The lowest BCUT2D eigenvalue weighted by molar-refractivity contribution is 0.0265. The van der Waals surface area contributed by atoms with Crippen molar-refractivity contribution in [3.05, 3.63) is 23.8 Å². The number of hydrogen-bond acceptors (Lipinski definition) is 5. The van der Waals surface area contributed by atoms with Crippen LogP contribution in [0.5, 0.6) is 0 Å². The second-order valence-corrected chi connectivity index (χ2v) is 3.97. The van der Waals surface area contributed by atoms with Crippen molar-refractivity contribution in [3.8, 4) is 6.07 Å². The molecule has 17 heavy (non-hydrogen) atoms. The van der Waals surface area contributed by atoms with Crippen LogP contribution in [0.15, 0.2) is 12.4 Å². The van der Waals surface area contributed by atoms with E-state index in [-0.39, 0.29) is 6.04 Å². The molecule has 1 aromatic heterocycles. The number of nitrogens with zero attached hydrogens (tertiary/aromatic N) is 4. The molecule has 90 valence electrons. The fourth-order valence-corrected chi connectivity index (χ4v) is 1.89. The van der Waals surface area contributed by atoms with Crippen LogP contribution in [0.2, 0.25) is 0 Å². The highest BCUT2D eigenvalue weighted by atomic mass is 16.5. The van der Waals surface area contributed by atoms with E-state index >= 15 is 0 Å². The Bertz CT molecular complexity index is 392. The summed E-state index contributed by atoms with van der Waals surface area (Å²) >= 11 is 0. The van der Waals surface area contributed by atoms with E-state index in [4.69, 9.17) is 4.74 Å². The first-order chi connectivity index (χ1) is 8.35. The molecule has 2 heterocycles. The second-order valence-electron chi connectivity index (χ2n) is 3.97. The number of nitriles is 1. The standard InChI is InChI=1S/C12H16N4O/c1-2-12-14-8-10(9-15-12)11(7-13)16-3-5-17-6-4-16/h8-9,11H,2-6H2,1H3. The van der Waals surface area contributed by atoms with Gasteiger partial charge in [-0.25, -0.2) is 9.97 Å². The average molecular weight is 232 g/mol. The molecule has 0 N–H and O–H groups in total. The first-order valence-corrected chi connectivity index (χ1v) is 5.87. The smallest absolute Gasteiger partial charge is 0.127 e. The van der Waals surface area contributed by atoms with Crippen molar-refractivity contribution < 1.29 is 4.74 Å². The molecule has 0 aromatic carbocycles. The lowest BCUT2D eigenvalue weighted by atomic mass is 10.1. The van der Waals surface area contributed by atoms with Crippen LogP contribution in [0, 0.1) is 11.3 Å². The van der Waals surface area contributed by atoms with E-state index < -0.39 is 0 Å². The minimum atomic E-state index is -0.259. The van der Waals surface area contributed by atoms with E-state index in [1.54, 1.807) is 12.4 Å². The van der Waals surface area contributed by atoms with Crippen LogP contribution >= 0.6 is 0 Å². The molecule has 1 aliphatic heterocycles. The summed E-state index contributed by atoms with van der Waals surface area (Å²) < 4.78 is 5.28. The number of morpholine rings is 1. The van der Waals surface area contributed by atoms with Gasteiger partial charge in [0, 0.05) is 37.5 Å². The van der Waals surface area contributed by atoms with Crippen molar-refractivity contribution in [1.29, 1.82) is 5.26 Å². The molecule has 1 atom stereocenters. The Morgan fingerprint density at radius 3 is 2.59 bits per heavy atom. The molecule has 1 unspecified atom stereocenters. The molecule has 0 amide bonds. The van der Waals surface area contributed by atoms with Gasteiger partial charge in [-0.1, -0.05) is 6.92 Å². The van der Waals surface area contributed by atoms with E-state index in [0.29, 0.717) is 13.2 Å². The van der Waals surface area contributed by atoms with Crippen LogP contribution in [-0.4, -0.2) is 41.2 Å². The monoisotopic (exact) mass is 232 g/mol. The maximum atomic E-state index is 9.27. The van der Waals surface area contributed by atoms with E-state index in [9.17, 15) is 5.26 Å². The third-order valence-electron chi connectivity index (χ3n) is 2.89. The highest BCUT2D eigenvalue weighted by Crippen LogP contribution is 2.19. The van der Waals surface area contributed by atoms with Gasteiger partial charge in [-0.05, 0) is 0 Å². The zero-order chi connectivity index (χ0) is 12.1. The topological polar surface area (TPSA) is 62.0 Å². The van der Waals surface area contributed by atoms with Gasteiger partial charge in [-0.3, -0.25) is 4.90 Å². The van der Waals surface area contributed by atoms with Gasteiger partial charge >= 0.3 is 0 Å². The SMILES string of the molecule is CCc1ncc(C(C#N)N2CCOCC2)cn1. The van der Waals surface area contributed by atoms with Crippen LogP contribution in [0.4, 0.5) is 0 Å². The van der Waals surface area contributed by atoms with Crippen molar-refractivity contribution in [1.82, 2.24) is 14.9 Å². The predicted octanol–water partition coefficient (Wildman–Crippen LogP) is 0.936. The normalized spacial score (nSPS) is 18.6. The van der Waals surface area contributed by atoms with E-state index in [1.807, 2.05) is 6.92 Å². The summed E-state index contributed by atoms with van der Waals surface area (Å²) in [4.78, 5) is 10.6. The van der Waals surface area contributed by atoms with E-state index in [1.165, 1.54) is 0 Å². The minimum Gasteiger partial charge on any atom is -0.379 e. The Hall–Kier alpha value is -1.51. The average Bonchev–Trinajstić information content (AvgIpc) is 2.42. The molecule has 2 rings (SSSR count). The van der Waals surface area contributed by atoms with Crippen molar-refractivity contribution in [2.45, 2.75) is 19.4 Å². The van der Waals surface area contributed by atoms with Crippen LogP contribution in [0.25, 0.3) is 0 Å². The number of hydrogen-bond donors (Lipinski definition) is 0. The number of ether oxygens (including phenoxy) is 1. The second kappa shape index (κ2) is 5.71. The summed E-state index contributed by atoms with van der Waals surface area (Å²) in [6.45, 7) is 4.96. The summed E-state index contributed by atoms with van der Waals surface area (Å²) in [5.74, 6) is 0.812. The molecule has 5 nitrogen and oxygen atoms in total. The maximum absolute atomic E-state index is 9.27. The number of aromatic nitrogens is 2. The highest BCUT2D eigenvalue weighted by Gasteiger charge is 2.22.